The third kappa shape index (κ3) is 4.72. The number of nitrogens with one attached hydrogen (secondary N) is 2. The largest absolute Gasteiger partial charge is 0.361 e. The maximum atomic E-state index is 5.43. The highest BCUT2D eigenvalue weighted by Gasteiger charge is 2.22. The molecule has 0 aliphatic carbocycles. The fourth-order valence-corrected chi connectivity index (χ4v) is 3.37. The fourth-order valence-electron chi connectivity index (χ4n) is 3.37. The summed E-state index contributed by atoms with van der Waals surface area (Å²) in [7, 11) is 0. The summed E-state index contributed by atoms with van der Waals surface area (Å²) in [6.45, 7) is 13.3. The summed E-state index contributed by atoms with van der Waals surface area (Å²) in [5, 5.41) is 11.0. The van der Waals surface area contributed by atoms with Crippen LogP contribution in [0.1, 0.15) is 57.6 Å². The second-order valence-corrected chi connectivity index (χ2v) is 6.24. The molecule has 0 aromatic carbocycles. The Kier molecular flexibility index (Phi) is 7.56. The summed E-state index contributed by atoms with van der Waals surface area (Å²) >= 11 is 0. The number of hydrogen-bond acceptors (Lipinski definition) is 4. The van der Waals surface area contributed by atoms with Crippen LogP contribution in [-0.2, 0) is 19.4 Å². The van der Waals surface area contributed by atoms with Gasteiger partial charge in [0, 0.05) is 31.1 Å². The van der Waals surface area contributed by atoms with Gasteiger partial charge < -0.3 is 15.2 Å². The number of aromatic nitrogens is 1. The first-order chi connectivity index (χ1) is 11.7. The van der Waals surface area contributed by atoms with Crippen LogP contribution in [0.15, 0.2) is 9.52 Å². The van der Waals surface area contributed by atoms with Gasteiger partial charge in [-0.15, -0.1) is 0 Å². The Morgan fingerprint density at radius 1 is 1.25 bits per heavy atom. The van der Waals surface area contributed by atoms with Gasteiger partial charge in [-0.1, -0.05) is 25.9 Å². The molecular weight excluding hydrogens is 302 g/mol. The molecule has 0 radical (unpaired) electrons. The van der Waals surface area contributed by atoms with Crippen LogP contribution in [0.5, 0.6) is 0 Å². The predicted molar refractivity (Wildman–Crippen MR) is 98.3 cm³/mol. The molecule has 2 heterocycles. The first kappa shape index (κ1) is 18.8. The van der Waals surface area contributed by atoms with Crippen molar-refractivity contribution in [2.24, 2.45) is 4.99 Å². The van der Waals surface area contributed by atoms with Gasteiger partial charge in [0.25, 0.3) is 0 Å². The van der Waals surface area contributed by atoms with Crippen LogP contribution >= 0.6 is 0 Å². The highest BCUT2D eigenvalue weighted by molar-refractivity contribution is 5.79. The van der Waals surface area contributed by atoms with Crippen LogP contribution in [0.4, 0.5) is 0 Å². The van der Waals surface area contributed by atoms with Crippen LogP contribution in [0.3, 0.4) is 0 Å². The molecule has 1 aliphatic heterocycles. The van der Waals surface area contributed by atoms with Crippen molar-refractivity contribution in [3.63, 3.8) is 0 Å². The van der Waals surface area contributed by atoms with E-state index in [1.54, 1.807) is 0 Å². The third-order valence-electron chi connectivity index (χ3n) is 4.76. The van der Waals surface area contributed by atoms with E-state index in [1.165, 1.54) is 19.4 Å². The van der Waals surface area contributed by atoms with E-state index < -0.39 is 0 Å². The molecule has 136 valence electrons. The lowest BCUT2D eigenvalue weighted by Crippen LogP contribution is -2.44. The summed E-state index contributed by atoms with van der Waals surface area (Å²) in [5.41, 5.74) is 2.17. The van der Waals surface area contributed by atoms with E-state index in [-0.39, 0.29) is 0 Å². The van der Waals surface area contributed by atoms with E-state index >= 15 is 0 Å². The Bertz CT molecular complexity index is 504. The lowest BCUT2D eigenvalue weighted by Gasteiger charge is -2.24. The van der Waals surface area contributed by atoms with Crippen molar-refractivity contribution in [3.8, 4) is 0 Å². The van der Waals surface area contributed by atoms with Crippen LogP contribution in [0.25, 0.3) is 0 Å². The van der Waals surface area contributed by atoms with Crippen molar-refractivity contribution in [3.05, 3.63) is 17.0 Å². The SMILES string of the molecule is CCNC(=NCc1c(CC)noc1CC)NCC1CCCN1CC. The maximum absolute atomic E-state index is 5.43. The summed E-state index contributed by atoms with van der Waals surface area (Å²) in [6, 6.07) is 0.617. The smallest absolute Gasteiger partial charge is 0.191 e. The molecule has 1 aliphatic rings. The van der Waals surface area contributed by atoms with Gasteiger partial charge in [-0.05, 0) is 39.3 Å². The van der Waals surface area contributed by atoms with E-state index in [2.05, 4.69) is 48.4 Å². The number of aliphatic imine (C=N–C) groups is 1. The molecule has 0 saturated carbocycles. The van der Waals surface area contributed by atoms with E-state index in [1.807, 2.05) is 0 Å². The van der Waals surface area contributed by atoms with Crippen molar-refractivity contribution in [2.45, 2.75) is 66.0 Å². The topological polar surface area (TPSA) is 65.7 Å². The Morgan fingerprint density at radius 3 is 2.75 bits per heavy atom. The number of guanidine groups is 1. The highest BCUT2D eigenvalue weighted by Crippen LogP contribution is 2.17. The predicted octanol–water partition coefficient (Wildman–Crippen LogP) is 2.34. The van der Waals surface area contributed by atoms with Crippen molar-refractivity contribution < 1.29 is 4.52 Å². The average Bonchev–Trinajstić information content (AvgIpc) is 3.22. The van der Waals surface area contributed by atoms with Crippen molar-refractivity contribution in [2.75, 3.05) is 26.2 Å². The van der Waals surface area contributed by atoms with Gasteiger partial charge in [0.15, 0.2) is 5.96 Å². The molecule has 24 heavy (non-hydrogen) atoms. The molecule has 0 spiro atoms. The molecule has 1 aromatic rings. The number of likely N-dealkylation sites (N-methyl/N-ethyl adjacent to an activating group) is 1. The summed E-state index contributed by atoms with van der Waals surface area (Å²) in [6.07, 6.45) is 4.31. The fraction of sp³-hybridized carbons (Fsp3) is 0.778. The Balaban J connectivity index is 1.99. The molecule has 0 amide bonds. The standard InChI is InChI=1S/C18H33N5O/c1-5-16-15(17(6-2)24-22-16)13-21-18(19-7-3)20-12-14-10-9-11-23(14)8-4/h14H,5-13H2,1-4H3,(H2,19,20,21). The van der Waals surface area contributed by atoms with E-state index in [4.69, 9.17) is 9.52 Å². The molecule has 1 saturated heterocycles. The zero-order valence-corrected chi connectivity index (χ0v) is 15.7. The lowest BCUT2D eigenvalue weighted by atomic mass is 10.1. The van der Waals surface area contributed by atoms with Crippen molar-refractivity contribution in [1.29, 1.82) is 0 Å². The zero-order valence-electron chi connectivity index (χ0n) is 15.7. The lowest BCUT2D eigenvalue weighted by molar-refractivity contribution is 0.267. The van der Waals surface area contributed by atoms with E-state index in [9.17, 15) is 0 Å². The summed E-state index contributed by atoms with van der Waals surface area (Å²) < 4.78 is 5.43. The Hall–Kier alpha value is -1.56. The van der Waals surface area contributed by atoms with Crippen LogP contribution < -0.4 is 10.6 Å². The zero-order chi connectivity index (χ0) is 17.4. The Morgan fingerprint density at radius 2 is 2.08 bits per heavy atom. The molecule has 1 aromatic heterocycles. The van der Waals surface area contributed by atoms with Gasteiger partial charge >= 0.3 is 0 Å². The minimum Gasteiger partial charge on any atom is -0.361 e. The molecular formula is C18H33N5O. The number of likely N-dealkylation sites (tertiary alicyclic amines) is 1. The van der Waals surface area contributed by atoms with Crippen molar-refractivity contribution >= 4 is 5.96 Å². The molecule has 1 atom stereocenters. The molecule has 6 nitrogen and oxygen atoms in total. The van der Waals surface area contributed by atoms with Gasteiger partial charge in [0.2, 0.25) is 0 Å². The summed E-state index contributed by atoms with van der Waals surface area (Å²) in [4.78, 5) is 7.30. The molecule has 2 N–H and O–H groups in total. The minimum atomic E-state index is 0.617. The van der Waals surface area contributed by atoms with Gasteiger partial charge in [0.05, 0.1) is 12.2 Å². The molecule has 2 rings (SSSR count). The first-order valence-corrected chi connectivity index (χ1v) is 9.45. The Labute approximate surface area is 146 Å². The molecule has 1 fully saturated rings. The van der Waals surface area contributed by atoms with Crippen LogP contribution in [0.2, 0.25) is 0 Å². The van der Waals surface area contributed by atoms with Gasteiger partial charge in [0.1, 0.15) is 5.76 Å². The highest BCUT2D eigenvalue weighted by atomic mass is 16.5. The molecule has 0 bridgehead atoms. The van der Waals surface area contributed by atoms with Crippen LogP contribution in [-0.4, -0.2) is 48.2 Å². The average molecular weight is 335 g/mol. The molecule has 1 unspecified atom stereocenters. The monoisotopic (exact) mass is 335 g/mol. The first-order valence-electron chi connectivity index (χ1n) is 9.45. The second kappa shape index (κ2) is 9.67. The number of hydrogen-bond donors (Lipinski definition) is 2. The van der Waals surface area contributed by atoms with E-state index in [0.717, 1.165) is 55.5 Å². The van der Waals surface area contributed by atoms with Crippen molar-refractivity contribution in [1.82, 2.24) is 20.7 Å². The quantitative estimate of drug-likeness (QED) is 0.564. The van der Waals surface area contributed by atoms with Gasteiger partial charge in [-0.2, -0.15) is 0 Å². The summed E-state index contributed by atoms with van der Waals surface area (Å²) in [5.74, 6) is 1.84. The normalized spacial score (nSPS) is 19.0. The van der Waals surface area contributed by atoms with E-state index in [0.29, 0.717) is 12.6 Å². The third-order valence-corrected chi connectivity index (χ3v) is 4.76. The molecule has 6 heteroatoms. The minimum absolute atomic E-state index is 0.617. The number of nitrogens with zero attached hydrogens (tertiary/aromatic N) is 3. The van der Waals surface area contributed by atoms with Crippen LogP contribution in [0, 0.1) is 0 Å². The number of rotatable bonds is 8. The number of aryl methyl sites for hydroxylation is 2. The maximum Gasteiger partial charge on any atom is 0.191 e. The van der Waals surface area contributed by atoms with Gasteiger partial charge in [-0.3, -0.25) is 4.90 Å². The van der Waals surface area contributed by atoms with Gasteiger partial charge in [-0.25, -0.2) is 4.99 Å². The second-order valence-electron chi connectivity index (χ2n) is 6.24.